The quantitative estimate of drug-likeness (QED) is 0.422. The highest BCUT2D eigenvalue weighted by molar-refractivity contribution is 5.86. The molecule has 39 heavy (non-hydrogen) atoms. The molecule has 5 aliphatic rings. The number of ether oxygens (including phenoxy) is 3. The molecule has 3 aliphatic heterocycles. The van der Waals surface area contributed by atoms with Gasteiger partial charge in [-0.15, -0.1) is 0 Å². The Bertz CT molecular complexity index is 1060. The molecule has 3 heterocycles. The minimum atomic E-state index is -1.55. The number of carbonyl (C=O) groups excluding carboxylic acids is 1. The van der Waals surface area contributed by atoms with Crippen LogP contribution in [0.1, 0.15) is 86.0 Å². The Morgan fingerprint density at radius 3 is 2.72 bits per heavy atom. The normalized spacial score (nSPS) is 48.9. The molecule has 0 aromatic carbocycles. The largest absolute Gasteiger partial charge is 0.386 e. The van der Waals surface area contributed by atoms with Gasteiger partial charge in [-0.3, -0.25) is 4.79 Å². The first-order valence-corrected chi connectivity index (χ1v) is 15.2. The molecular weight excluding hydrogens is 492 g/mol. The number of Topliss-reactive ketones (excluding diaryl/α,β-unsaturated/α-hetero) is 1. The molecule has 2 bridgehead atoms. The Labute approximate surface area is 234 Å². The maximum atomic E-state index is 14.1. The van der Waals surface area contributed by atoms with Crippen LogP contribution < -0.4 is 0 Å². The molecule has 2 N–H and O–H groups in total. The number of ketones is 1. The van der Waals surface area contributed by atoms with E-state index in [1.165, 1.54) is 5.57 Å². The smallest absolute Gasteiger partial charge is 0.169 e. The highest BCUT2D eigenvalue weighted by Crippen LogP contribution is 2.48. The molecule has 216 valence electrons. The first-order valence-electron chi connectivity index (χ1n) is 15.2. The van der Waals surface area contributed by atoms with Crippen molar-refractivity contribution in [3.8, 4) is 0 Å². The van der Waals surface area contributed by atoms with Crippen LogP contribution in [0, 0.1) is 23.7 Å². The summed E-state index contributed by atoms with van der Waals surface area (Å²) < 4.78 is 19.4. The number of hydrogen-bond acceptors (Lipinski definition) is 6. The molecule has 0 unspecified atom stereocenters. The van der Waals surface area contributed by atoms with Gasteiger partial charge < -0.3 is 24.4 Å². The van der Waals surface area contributed by atoms with Crippen LogP contribution in [0.5, 0.6) is 0 Å². The summed E-state index contributed by atoms with van der Waals surface area (Å²) in [5, 5.41) is 23.0. The van der Waals surface area contributed by atoms with Crippen molar-refractivity contribution >= 4 is 5.78 Å². The Kier molecular flexibility index (Phi) is 8.43. The van der Waals surface area contributed by atoms with Gasteiger partial charge in [0.2, 0.25) is 0 Å². The second-order valence-corrected chi connectivity index (χ2v) is 13.1. The molecule has 10 atom stereocenters. The molecule has 0 saturated carbocycles. The number of rotatable bonds is 1. The fraction of sp³-hybridized carbons (Fsp3) is 0.727. The summed E-state index contributed by atoms with van der Waals surface area (Å²) >= 11 is 0. The van der Waals surface area contributed by atoms with Gasteiger partial charge in [-0.05, 0) is 74.9 Å². The zero-order valence-corrected chi connectivity index (χ0v) is 24.4. The maximum absolute atomic E-state index is 14.1. The van der Waals surface area contributed by atoms with Crippen molar-refractivity contribution in [3.05, 3.63) is 47.1 Å². The number of fused-ring (bicyclic) bond motifs is 2. The number of hydrogen-bond donors (Lipinski definition) is 2. The van der Waals surface area contributed by atoms with Crippen molar-refractivity contribution in [1.29, 1.82) is 0 Å². The summed E-state index contributed by atoms with van der Waals surface area (Å²) in [7, 11) is 0. The van der Waals surface area contributed by atoms with Crippen molar-refractivity contribution < 1.29 is 29.2 Å². The molecule has 6 nitrogen and oxygen atoms in total. The van der Waals surface area contributed by atoms with Crippen LogP contribution in [0.15, 0.2) is 47.1 Å². The zero-order valence-electron chi connectivity index (χ0n) is 24.4. The number of allylic oxidation sites excluding steroid dienone is 4. The van der Waals surface area contributed by atoms with Crippen molar-refractivity contribution in [3.63, 3.8) is 0 Å². The van der Waals surface area contributed by atoms with Gasteiger partial charge >= 0.3 is 0 Å². The van der Waals surface area contributed by atoms with E-state index in [1.807, 2.05) is 19.1 Å². The number of carbonyl (C=O) groups is 1. The van der Waals surface area contributed by atoms with Gasteiger partial charge in [-0.1, -0.05) is 56.7 Å². The van der Waals surface area contributed by atoms with E-state index in [0.29, 0.717) is 35.8 Å². The molecule has 0 amide bonds. The molecule has 0 aromatic heterocycles. The fourth-order valence-corrected chi connectivity index (χ4v) is 7.73. The van der Waals surface area contributed by atoms with Crippen LogP contribution in [-0.4, -0.2) is 58.4 Å². The first kappa shape index (κ1) is 28.9. The lowest BCUT2D eigenvalue weighted by molar-refractivity contribution is -0.330. The molecule has 6 heteroatoms. The average molecular weight is 541 g/mol. The minimum absolute atomic E-state index is 0.00154. The predicted octanol–water partition coefficient (Wildman–Crippen LogP) is 5.59. The van der Waals surface area contributed by atoms with Gasteiger partial charge in [0.25, 0.3) is 0 Å². The summed E-state index contributed by atoms with van der Waals surface area (Å²) in [5.74, 6) is -0.506. The van der Waals surface area contributed by atoms with Gasteiger partial charge in [-0.2, -0.15) is 0 Å². The van der Waals surface area contributed by atoms with Crippen molar-refractivity contribution in [1.82, 2.24) is 0 Å². The number of aliphatic hydroxyl groups is 2. The van der Waals surface area contributed by atoms with Gasteiger partial charge in [0.05, 0.1) is 24.7 Å². The fourth-order valence-electron chi connectivity index (χ4n) is 7.73. The second kappa shape index (κ2) is 11.4. The lowest BCUT2D eigenvalue weighted by Crippen LogP contribution is -2.57. The van der Waals surface area contributed by atoms with Crippen molar-refractivity contribution in [2.75, 3.05) is 6.61 Å². The molecular formula is C33H48O6. The van der Waals surface area contributed by atoms with Crippen molar-refractivity contribution in [2.45, 2.75) is 122 Å². The standard InChI is InChI=1S/C33H48O6/c1-6-29-22(4)12-13-32(39-29)18-24-16-26(38-32)11-10-21(3)14-20(2)8-7-9-25-19-37-31-30(35)23(5)15-27(28(34)17-24)33(25,31)36/h7-10,15,20,22,24,26-27,29-31,35-36H,6,11-14,16-19H2,1-5H3/b8-7+,21-10+,25-9+/t20-,22-,24+,26+,27-,29+,30+,31+,32+,33+/m0/s1. The summed E-state index contributed by atoms with van der Waals surface area (Å²) in [6.45, 7) is 10.8. The van der Waals surface area contributed by atoms with E-state index >= 15 is 0 Å². The average Bonchev–Trinajstić information content (AvgIpc) is 3.23. The molecule has 3 fully saturated rings. The summed E-state index contributed by atoms with van der Waals surface area (Å²) in [4.78, 5) is 14.1. The molecule has 3 saturated heterocycles. The third kappa shape index (κ3) is 5.65. The lowest BCUT2D eigenvalue weighted by Gasteiger charge is -2.50. The Morgan fingerprint density at radius 1 is 1.15 bits per heavy atom. The highest BCUT2D eigenvalue weighted by Gasteiger charge is 2.59. The van der Waals surface area contributed by atoms with E-state index in [2.05, 4.69) is 39.8 Å². The van der Waals surface area contributed by atoms with E-state index in [1.54, 1.807) is 6.08 Å². The Hall–Kier alpha value is -1.57. The topological polar surface area (TPSA) is 85.2 Å². The molecule has 0 aromatic rings. The SMILES string of the molecule is CC[C@H]1O[C@]2(CC[C@@H]1C)C[C@H]1CC(=O)[C@@H]3C=C(C)[C@@H](O)[C@H]4OC/C(=C\C=C\[C@H](C)C/C(C)=C/C[C@H](C1)O2)[C@]43O. The maximum Gasteiger partial charge on any atom is 0.169 e. The van der Waals surface area contributed by atoms with E-state index in [9.17, 15) is 15.0 Å². The van der Waals surface area contributed by atoms with E-state index in [-0.39, 0.29) is 30.5 Å². The van der Waals surface area contributed by atoms with Gasteiger partial charge in [0, 0.05) is 19.3 Å². The molecule has 2 aliphatic carbocycles. The zero-order chi connectivity index (χ0) is 27.9. The van der Waals surface area contributed by atoms with E-state index in [4.69, 9.17) is 14.2 Å². The minimum Gasteiger partial charge on any atom is -0.386 e. The molecule has 5 rings (SSSR count). The monoisotopic (exact) mass is 540 g/mol. The van der Waals surface area contributed by atoms with Crippen LogP contribution in [-0.2, 0) is 19.0 Å². The van der Waals surface area contributed by atoms with Gasteiger partial charge in [-0.25, -0.2) is 0 Å². The summed E-state index contributed by atoms with van der Waals surface area (Å²) in [6.07, 6.45) is 14.9. The predicted molar refractivity (Wildman–Crippen MR) is 151 cm³/mol. The number of aliphatic hydroxyl groups excluding tert-OH is 1. The highest BCUT2D eigenvalue weighted by atomic mass is 16.7. The van der Waals surface area contributed by atoms with Gasteiger partial charge in [0.15, 0.2) is 5.79 Å². The van der Waals surface area contributed by atoms with Gasteiger partial charge in [0.1, 0.15) is 23.6 Å². The van der Waals surface area contributed by atoms with Crippen LogP contribution in [0.4, 0.5) is 0 Å². The molecule has 1 spiro atoms. The van der Waals surface area contributed by atoms with Crippen LogP contribution in [0.25, 0.3) is 0 Å². The van der Waals surface area contributed by atoms with Crippen LogP contribution in [0.3, 0.4) is 0 Å². The van der Waals surface area contributed by atoms with Crippen LogP contribution in [0.2, 0.25) is 0 Å². The summed E-state index contributed by atoms with van der Waals surface area (Å²) in [6, 6.07) is 0. The lowest BCUT2D eigenvalue weighted by atomic mass is 9.67. The van der Waals surface area contributed by atoms with Crippen LogP contribution >= 0.6 is 0 Å². The van der Waals surface area contributed by atoms with E-state index < -0.39 is 29.5 Å². The third-order valence-electron chi connectivity index (χ3n) is 9.93. The van der Waals surface area contributed by atoms with Crippen molar-refractivity contribution in [2.24, 2.45) is 23.7 Å². The summed E-state index contributed by atoms with van der Waals surface area (Å²) in [5.41, 5.74) is 1.11. The Balaban J connectivity index is 1.51. The Morgan fingerprint density at radius 2 is 1.95 bits per heavy atom. The third-order valence-corrected chi connectivity index (χ3v) is 9.93. The van der Waals surface area contributed by atoms with E-state index in [0.717, 1.165) is 38.5 Å². The molecule has 0 radical (unpaired) electrons. The first-order chi connectivity index (χ1) is 18.5. The second-order valence-electron chi connectivity index (χ2n) is 13.1.